The van der Waals surface area contributed by atoms with Crippen molar-refractivity contribution in [2.75, 3.05) is 0 Å². The summed E-state index contributed by atoms with van der Waals surface area (Å²) in [6, 6.07) is 16.2. The number of rotatable bonds is 1. The summed E-state index contributed by atoms with van der Waals surface area (Å²) in [5, 5.41) is 0. The van der Waals surface area contributed by atoms with Gasteiger partial charge in [-0.15, -0.1) is 0 Å². The maximum atomic E-state index is 14.0. The minimum atomic E-state index is -0.316. The molecule has 0 heterocycles. The molecule has 0 saturated heterocycles. The zero-order chi connectivity index (χ0) is 15.3. The Kier molecular flexibility index (Phi) is 4.55. The van der Waals surface area contributed by atoms with Gasteiger partial charge in [0.15, 0.2) is 0 Å². The number of aliphatic imine (C=N–C) groups is 1. The quantitative estimate of drug-likeness (QED) is 0.539. The Bertz CT molecular complexity index is 698. The lowest BCUT2D eigenvalue weighted by molar-refractivity contribution is 0.583. The van der Waals surface area contributed by atoms with Crippen molar-refractivity contribution < 1.29 is 4.39 Å². The molecule has 0 aromatic heterocycles. The molecule has 2 heteroatoms. The van der Waals surface area contributed by atoms with Crippen LogP contribution >= 0.6 is 0 Å². The molecule has 0 aliphatic rings. The van der Waals surface area contributed by atoms with Crippen LogP contribution in [0.15, 0.2) is 59.6 Å². The molecule has 106 valence electrons. The van der Waals surface area contributed by atoms with Gasteiger partial charge in [-0.05, 0) is 51.0 Å². The van der Waals surface area contributed by atoms with E-state index >= 15 is 0 Å². The van der Waals surface area contributed by atoms with Crippen LogP contribution in [-0.4, -0.2) is 11.3 Å². The molecule has 0 N–H and O–H groups in total. The molecule has 21 heavy (non-hydrogen) atoms. The number of nitrogens with zero attached hydrogens (tertiary/aromatic N) is 1. The van der Waals surface area contributed by atoms with Gasteiger partial charge < -0.3 is 0 Å². The fourth-order valence-electron chi connectivity index (χ4n) is 1.80. The van der Waals surface area contributed by atoms with Crippen molar-refractivity contribution in [2.24, 2.45) is 4.99 Å². The van der Waals surface area contributed by atoms with E-state index < -0.39 is 0 Å². The number of halogens is 1. The molecule has 0 aliphatic heterocycles. The van der Waals surface area contributed by atoms with Gasteiger partial charge in [-0.2, -0.15) is 0 Å². The summed E-state index contributed by atoms with van der Waals surface area (Å²) < 4.78 is 14.0. The maximum absolute atomic E-state index is 14.0. The molecule has 2 aromatic rings. The second-order valence-corrected chi connectivity index (χ2v) is 5.73. The summed E-state index contributed by atoms with van der Waals surface area (Å²) in [7, 11) is 0. The van der Waals surface area contributed by atoms with Crippen molar-refractivity contribution in [3.8, 4) is 11.8 Å². The summed E-state index contributed by atoms with van der Waals surface area (Å²) in [6.07, 6.45) is 0. The molecule has 0 atom stereocenters. The van der Waals surface area contributed by atoms with E-state index in [4.69, 9.17) is 0 Å². The summed E-state index contributed by atoms with van der Waals surface area (Å²) in [5.74, 6) is 5.75. The van der Waals surface area contributed by atoms with E-state index in [2.05, 4.69) is 16.8 Å². The highest BCUT2D eigenvalue weighted by Gasteiger charge is 2.12. The lowest BCUT2D eigenvalue weighted by atomic mass is 10.1. The lowest BCUT2D eigenvalue weighted by Gasteiger charge is -2.13. The second kappa shape index (κ2) is 6.37. The van der Waals surface area contributed by atoms with Gasteiger partial charge in [0, 0.05) is 11.1 Å². The van der Waals surface area contributed by atoms with Gasteiger partial charge >= 0.3 is 0 Å². The van der Waals surface area contributed by atoms with Crippen LogP contribution in [0.1, 0.15) is 31.9 Å². The number of hydrogen-bond donors (Lipinski definition) is 0. The standard InChI is InChI=1S/C19H18FN/c1-19(2,3)21-18(16-11-7-8-12-17(16)20)14-13-15-9-5-4-6-10-15/h4-12H,1-3H3. The van der Waals surface area contributed by atoms with Crippen molar-refractivity contribution in [2.45, 2.75) is 26.3 Å². The predicted octanol–water partition coefficient (Wildman–Crippen LogP) is 4.47. The van der Waals surface area contributed by atoms with E-state index in [9.17, 15) is 4.39 Å². The van der Waals surface area contributed by atoms with E-state index in [1.165, 1.54) is 6.07 Å². The topological polar surface area (TPSA) is 12.4 Å². The normalized spacial score (nSPS) is 11.7. The molecule has 2 rings (SSSR count). The summed E-state index contributed by atoms with van der Waals surface area (Å²) in [5.41, 5.74) is 1.49. The van der Waals surface area contributed by atoms with Gasteiger partial charge in [-0.1, -0.05) is 36.3 Å². The smallest absolute Gasteiger partial charge is 0.133 e. The van der Waals surface area contributed by atoms with Crippen molar-refractivity contribution in [3.05, 3.63) is 71.5 Å². The van der Waals surface area contributed by atoms with E-state index in [1.54, 1.807) is 18.2 Å². The lowest BCUT2D eigenvalue weighted by Crippen LogP contribution is -2.15. The molecule has 0 aliphatic carbocycles. The second-order valence-electron chi connectivity index (χ2n) is 5.73. The van der Waals surface area contributed by atoms with Gasteiger partial charge in [0.2, 0.25) is 0 Å². The average Bonchev–Trinajstić information content (AvgIpc) is 2.44. The molecule has 0 spiro atoms. The van der Waals surface area contributed by atoms with Crippen molar-refractivity contribution in [3.63, 3.8) is 0 Å². The summed E-state index contributed by atoms with van der Waals surface area (Å²) >= 11 is 0. The first kappa shape index (κ1) is 15.0. The average molecular weight is 279 g/mol. The molecule has 0 amide bonds. The first-order valence-electron chi connectivity index (χ1n) is 6.87. The third kappa shape index (κ3) is 4.57. The SMILES string of the molecule is CC(C)(C)N=C(C#Cc1ccccc1)c1ccccc1F. The zero-order valence-corrected chi connectivity index (χ0v) is 12.5. The van der Waals surface area contributed by atoms with Gasteiger partial charge in [-0.3, -0.25) is 4.99 Å². The highest BCUT2D eigenvalue weighted by molar-refractivity contribution is 6.13. The minimum Gasteiger partial charge on any atom is -0.270 e. The summed E-state index contributed by atoms with van der Waals surface area (Å²) in [4.78, 5) is 4.56. The highest BCUT2D eigenvalue weighted by Crippen LogP contribution is 2.13. The van der Waals surface area contributed by atoms with Crippen molar-refractivity contribution >= 4 is 5.71 Å². The first-order chi connectivity index (χ1) is 9.96. The van der Waals surface area contributed by atoms with E-state index in [1.807, 2.05) is 51.1 Å². The van der Waals surface area contributed by atoms with E-state index in [-0.39, 0.29) is 11.4 Å². The minimum absolute atomic E-state index is 0.303. The Balaban J connectivity index is 2.47. The van der Waals surface area contributed by atoms with Crippen LogP contribution in [0.5, 0.6) is 0 Å². The molecule has 2 aromatic carbocycles. The molecular weight excluding hydrogens is 261 g/mol. The molecule has 0 fully saturated rings. The third-order valence-corrected chi connectivity index (χ3v) is 2.68. The van der Waals surface area contributed by atoms with Crippen LogP contribution in [0.3, 0.4) is 0 Å². The van der Waals surface area contributed by atoms with Gasteiger partial charge in [0.05, 0.1) is 5.54 Å². The highest BCUT2D eigenvalue weighted by atomic mass is 19.1. The van der Waals surface area contributed by atoms with Crippen LogP contribution in [0.4, 0.5) is 4.39 Å². The predicted molar refractivity (Wildman–Crippen MR) is 86.0 cm³/mol. The van der Waals surface area contributed by atoms with Crippen LogP contribution < -0.4 is 0 Å². The Morgan fingerprint density at radius 2 is 1.57 bits per heavy atom. The molecule has 1 nitrogen and oxygen atoms in total. The maximum Gasteiger partial charge on any atom is 0.133 e. The Labute approximate surface area is 125 Å². The van der Waals surface area contributed by atoms with E-state index in [0.717, 1.165) is 5.56 Å². The Morgan fingerprint density at radius 3 is 2.19 bits per heavy atom. The molecule has 0 saturated carbocycles. The first-order valence-corrected chi connectivity index (χ1v) is 6.87. The van der Waals surface area contributed by atoms with Crippen LogP contribution in [0.2, 0.25) is 0 Å². The van der Waals surface area contributed by atoms with Gasteiger partial charge in [-0.25, -0.2) is 4.39 Å². The largest absolute Gasteiger partial charge is 0.270 e. The van der Waals surface area contributed by atoms with E-state index in [0.29, 0.717) is 11.3 Å². The molecule has 0 radical (unpaired) electrons. The van der Waals surface area contributed by atoms with Gasteiger partial charge in [0.1, 0.15) is 11.5 Å². The van der Waals surface area contributed by atoms with Crippen LogP contribution in [0.25, 0.3) is 0 Å². The Hall–Kier alpha value is -2.40. The molecule has 0 unspecified atom stereocenters. The monoisotopic (exact) mass is 279 g/mol. The zero-order valence-electron chi connectivity index (χ0n) is 12.5. The fourth-order valence-corrected chi connectivity index (χ4v) is 1.80. The number of benzene rings is 2. The van der Waals surface area contributed by atoms with Crippen LogP contribution in [0, 0.1) is 17.7 Å². The molecule has 0 bridgehead atoms. The fraction of sp³-hybridized carbons (Fsp3) is 0.211. The summed E-state index contributed by atoms with van der Waals surface area (Å²) in [6.45, 7) is 5.91. The van der Waals surface area contributed by atoms with Gasteiger partial charge in [0.25, 0.3) is 0 Å². The van der Waals surface area contributed by atoms with Crippen LogP contribution in [-0.2, 0) is 0 Å². The third-order valence-electron chi connectivity index (χ3n) is 2.68. The van der Waals surface area contributed by atoms with Crippen molar-refractivity contribution in [1.82, 2.24) is 0 Å². The molecular formula is C19H18FN. The number of hydrogen-bond acceptors (Lipinski definition) is 1. The Morgan fingerprint density at radius 1 is 0.952 bits per heavy atom. The van der Waals surface area contributed by atoms with Crippen molar-refractivity contribution in [1.29, 1.82) is 0 Å².